The Balaban J connectivity index is 3.15. The van der Waals surface area contributed by atoms with Crippen LogP contribution in [0.5, 0.6) is 0 Å². The van der Waals surface area contributed by atoms with E-state index in [0.717, 1.165) is 0 Å². The maximum atomic E-state index is 11.4. The standard InChI is InChI=1S/C11H14O4S/c1-6(2)8(10(12)13)7-4-5-16-9(7)11(14)15-3/h4-6,8H,1-3H3,(H,12,13). The van der Waals surface area contributed by atoms with Crippen LogP contribution in [0, 0.1) is 5.92 Å². The first-order valence-corrected chi connectivity index (χ1v) is 5.75. The highest BCUT2D eigenvalue weighted by Crippen LogP contribution is 2.31. The number of hydrogen-bond donors (Lipinski definition) is 1. The minimum Gasteiger partial charge on any atom is -0.481 e. The summed E-state index contributed by atoms with van der Waals surface area (Å²) in [6.45, 7) is 3.63. The van der Waals surface area contributed by atoms with Crippen LogP contribution in [0.2, 0.25) is 0 Å². The molecule has 0 fully saturated rings. The summed E-state index contributed by atoms with van der Waals surface area (Å²) in [5.41, 5.74) is 0.541. The third-order valence-electron chi connectivity index (χ3n) is 2.33. The minimum absolute atomic E-state index is 0.0736. The molecule has 0 saturated heterocycles. The molecule has 0 aromatic carbocycles. The summed E-state index contributed by atoms with van der Waals surface area (Å²) in [4.78, 5) is 23.0. The molecule has 0 saturated carbocycles. The quantitative estimate of drug-likeness (QED) is 0.823. The maximum absolute atomic E-state index is 11.4. The normalized spacial score (nSPS) is 12.5. The number of methoxy groups -OCH3 is 1. The first-order valence-electron chi connectivity index (χ1n) is 4.87. The Hall–Kier alpha value is -1.36. The number of aliphatic carboxylic acids is 1. The Morgan fingerprint density at radius 2 is 2.06 bits per heavy atom. The van der Waals surface area contributed by atoms with Crippen molar-refractivity contribution in [2.75, 3.05) is 7.11 Å². The predicted molar refractivity (Wildman–Crippen MR) is 60.9 cm³/mol. The predicted octanol–water partition coefficient (Wildman–Crippen LogP) is 2.36. The van der Waals surface area contributed by atoms with Crippen LogP contribution < -0.4 is 0 Å². The fourth-order valence-corrected chi connectivity index (χ4v) is 2.46. The van der Waals surface area contributed by atoms with E-state index in [4.69, 9.17) is 5.11 Å². The van der Waals surface area contributed by atoms with Gasteiger partial charge in [-0.3, -0.25) is 4.79 Å². The van der Waals surface area contributed by atoms with E-state index in [1.54, 1.807) is 11.4 Å². The molecule has 0 bridgehead atoms. The molecule has 1 aromatic heterocycles. The number of carboxylic acid groups (broad SMARTS) is 1. The van der Waals surface area contributed by atoms with Crippen LogP contribution in [-0.4, -0.2) is 24.2 Å². The molecule has 1 atom stereocenters. The van der Waals surface area contributed by atoms with E-state index in [1.165, 1.54) is 18.4 Å². The van der Waals surface area contributed by atoms with Gasteiger partial charge in [-0.1, -0.05) is 13.8 Å². The summed E-state index contributed by atoms with van der Waals surface area (Å²) in [5.74, 6) is -2.13. The highest BCUT2D eigenvalue weighted by Gasteiger charge is 2.29. The lowest BCUT2D eigenvalue weighted by Gasteiger charge is -2.16. The van der Waals surface area contributed by atoms with E-state index in [2.05, 4.69) is 4.74 Å². The highest BCUT2D eigenvalue weighted by molar-refractivity contribution is 7.12. The van der Waals surface area contributed by atoms with Crippen molar-refractivity contribution >= 4 is 23.3 Å². The van der Waals surface area contributed by atoms with Crippen molar-refractivity contribution in [3.63, 3.8) is 0 Å². The van der Waals surface area contributed by atoms with Crippen molar-refractivity contribution in [1.29, 1.82) is 0 Å². The Bertz CT molecular complexity index is 394. The summed E-state index contributed by atoms with van der Waals surface area (Å²) in [6, 6.07) is 1.68. The number of thiophene rings is 1. The van der Waals surface area contributed by atoms with E-state index in [9.17, 15) is 9.59 Å². The molecule has 1 aromatic rings. The molecule has 16 heavy (non-hydrogen) atoms. The zero-order valence-corrected chi connectivity index (χ0v) is 10.2. The van der Waals surface area contributed by atoms with Crippen LogP contribution in [-0.2, 0) is 9.53 Å². The Morgan fingerprint density at radius 3 is 2.50 bits per heavy atom. The van der Waals surface area contributed by atoms with Crippen molar-refractivity contribution in [3.05, 3.63) is 21.9 Å². The fourth-order valence-electron chi connectivity index (χ4n) is 1.60. The summed E-state index contributed by atoms with van der Waals surface area (Å²) < 4.78 is 4.62. The van der Waals surface area contributed by atoms with E-state index >= 15 is 0 Å². The summed E-state index contributed by atoms with van der Waals surface area (Å²) in [6.07, 6.45) is 0. The first-order chi connectivity index (χ1) is 7.49. The second-order valence-electron chi connectivity index (χ2n) is 3.76. The number of hydrogen-bond acceptors (Lipinski definition) is 4. The van der Waals surface area contributed by atoms with Crippen LogP contribution in [0.3, 0.4) is 0 Å². The second-order valence-corrected chi connectivity index (χ2v) is 4.67. The number of carbonyl (C=O) groups excluding carboxylic acids is 1. The first kappa shape index (κ1) is 12.7. The Labute approximate surface area is 97.9 Å². The van der Waals surface area contributed by atoms with Crippen molar-refractivity contribution in [2.24, 2.45) is 5.92 Å². The van der Waals surface area contributed by atoms with Crippen molar-refractivity contribution in [3.8, 4) is 0 Å². The molecule has 0 amide bonds. The van der Waals surface area contributed by atoms with Gasteiger partial charge in [-0.2, -0.15) is 0 Å². The third-order valence-corrected chi connectivity index (χ3v) is 3.24. The van der Waals surface area contributed by atoms with Gasteiger partial charge in [0.05, 0.1) is 13.0 Å². The maximum Gasteiger partial charge on any atom is 0.348 e. The molecule has 4 nitrogen and oxygen atoms in total. The van der Waals surface area contributed by atoms with Gasteiger partial charge >= 0.3 is 11.9 Å². The van der Waals surface area contributed by atoms with Crippen molar-refractivity contribution < 1.29 is 19.4 Å². The fraction of sp³-hybridized carbons (Fsp3) is 0.455. The summed E-state index contributed by atoms with van der Waals surface area (Å²) >= 11 is 1.21. The van der Waals surface area contributed by atoms with Gasteiger partial charge in [0, 0.05) is 0 Å². The van der Waals surface area contributed by atoms with Crippen molar-refractivity contribution in [2.45, 2.75) is 19.8 Å². The molecule has 1 N–H and O–H groups in total. The van der Waals surface area contributed by atoms with Gasteiger partial charge in [0.1, 0.15) is 4.88 Å². The number of carbonyl (C=O) groups is 2. The van der Waals surface area contributed by atoms with Gasteiger partial charge in [-0.25, -0.2) is 4.79 Å². The molecule has 1 unspecified atom stereocenters. The second kappa shape index (κ2) is 5.12. The smallest absolute Gasteiger partial charge is 0.348 e. The lowest BCUT2D eigenvalue weighted by molar-refractivity contribution is -0.139. The zero-order valence-electron chi connectivity index (χ0n) is 9.39. The number of rotatable bonds is 4. The molecule has 0 spiro atoms. The van der Waals surface area contributed by atoms with Crippen LogP contribution in [0.25, 0.3) is 0 Å². The van der Waals surface area contributed by atoms with Gasteiger partial charge in [-0.05, 0) is 22.9 Å². The molecular weight excluding hydrogens is 228 g/mol. The Morgan fingerprint density at radius 1 is 1.44 bits per heavy atom. The monoisotopic (exact) mass is 242 g/mol. The van der Waals surface area contributed by atoms with E-state index < -0.39 is 17.9 Å². The third kappa shape index (κ3) is 2.41. The molecule has 0 aliphatic rings. The lowest BCUT2D eigenvalue weighted by atomic mass is 9.89. The number of ether oxygens (including phenoxy) is 1. The van der Waals surface area contributed by atoms with E-state index in [1.807, 2.05) is 13.8 Å². The molecule has 1 rings (SSSR count). The topological polar surface area (TPSA) is 63.6 Å². The SMILES string of the molecule is COC(=O)c1sccc1C(C(=O)O)C(C)C. The van der Waals surface area contributed by atoms with E-state index in [-0.39, 0.29) is 5.92 Å². The largest absolute Gasteiger partial charge is 0.481 e. The molecule has 0 aliphatic carbocycles. The van der Waals surface area contributed by atoms with Crippen LogP contribution in [0.4, 0.5) is 0 Å². The summed E-state index contributed by atoms with van der Waals surface area (Å²) in [5, 5.41) is 10.9. The average molecular weight is 242 g/mol. The van der Waals surface area contributed by atoms with Crippen LogP contribution >= 0.6 is 11.3 Å². The van der Waals surface area contributed by atoms with Gasteiger partial charge in [-0.15, -0.1) is 11.3 Å². The van der Waals surface area contributed by atoms with Gasteiger partial charge < -0.3 is 9.84 Å². The van der Waals surface area contributed by atoms with Crippen LogP contribution in [0.1, 0.15) is 35.0 Å². The number of esters is 1. The zero-order chi connectivity index (χ0) is 12.3. The summed E-state index contributed by atoms with van der Waals surface area (Å²) in [7, 11) is 1.29. The molecule has 0 aliphatic heterocycles. The molecular formula is C11H14O4S. The molecule has 5 heteroatoms. The molecule has 0 radical (unpaired) electrons. The van der Waals surface area contributed by atoms with E-state index in [0.29, 0.717) is 10.4 Å². The molecule has 88 valence electrons. The lowest BCUT2D eigenvalue weighted by Crippen LogP contribution is -2.19. The van der Waals surface area contributed by atoms with Gasteiger partial charge in [0.25, 0.3) is 0 Å². The minimum atomic E-state index is -0.918. The van der Waals surface area contributed by atoms with Gasteiger partial charge in [0.2, 0.25) is 0 Å². The highest BCUT2D eigenvalue weighted by atomic mass is 32.1. The molecule has 1 heterocycles. The Kier molecular flexibility index (Phi) is 4.06. The van der Waals surface area contributed by atoms with Crippen LogP contribution in [0.15, 0.2) is 11.4 Å². The number of carboxylic acids is 1. The van der Waals surface area contributed by atoms with Crippen molar-refractivity contribution in [1.82, 2.24) is 0 Å². The van der Waals surface area contributed by atoms with Gasteiger partial charge in [0.15, 0.2) is 0 Å². The average Bonchev–Trinajstić information content (AvgIpc) is 2.64.